The lowest BCUT2D eigenvalue weighted by Gasteiger charge is -2.09. The molecule has 0 fully saturated rings. The van der Waals surface area contributed by atoms with E-state index in [9.17, 15) is 9.59 Å². The fourth-order valence-electron chi connectivity index (χ4n) is 1.62. The average molecular weight is 295 g/mol. The summed E-state index contributed by atoms with van der Waals surface area (Å²) in [5, 5.41) is 11.6. The molecule has 0 heterocycles. The summed E-state index contributed by atoms with van der Waals surface area (Å²) < 4.78 is 10.2. The van der Waals surface area contributed by atoms with Gasteiger partial charge >= 0.3 is 5.97 Å². The quantitative estimate of drug-likeness (QED) is 0.679. The number of ether oxygens (including phenoxy) is 2. The molecule has 116 valence electrons. The first-order valence-electron chi connectivity index (χ1n) is 6.82. The third kappa shape index (κ3) is 6.37. The number of hydrogen-bond donors (Lipinski definition) is 2. The maximum Gasteiger partial charge on any atom is 0.310 e. The zero-order valence-corrected chi connectivity index (χ0v) is 12.3. The van der Waals surface area contributed by atoms with Crippen molar-refractivity contribution in [1.82, 2.24) is 0 Å². The van der Waals surface area contributed by atoms with Gasteiger partial charge in [0.05, 0.1) is 19.1 Å². The number of benzene rings is 1. The number of carbonyl (C=O) groups excluding carboxylic acids is 1. The van der Waals surface area contributed by atoms with E-state index < -0.39 is 11.9 Å². The number of carbonyl (C=O) groups is 2. The summed E-state index contributed by atoms with van der Waals surface area (Å²) in [6, 6.07) is 6.72. The molecule has 2 N–H and O–H groups in total. The Balaban J connectivity index is 2.38. The maximum absolute atomic E-state index is 11.6. The largest absolute Gasteiger partial charge is 0.481 e. The minimum absolute atomic E-state index is 0.0413. The van der Waals surface area contributed by atoms with Crippen molar-refractivity contribution in [2.75, 3.05) is 31.7 Å². The first kappa shape index (κ1) is 17.1. The van der Waals surface area contributed by atoms with Gasteiger partial charge in [-0.1, -0.05) is 12.1 Å². The first-order chi connectivity index (χ1) is 10.0. The average Bonchev–Trinajstić information content (AvgIpc) is 2.47. The van der Waals surface area contributed by atoms with E-state index in [2.05, 4.69) is 5.32 Å². The molecule has 1 aromatic carbocycles. The molecule has 0 aromatic heterocycles. The second-order valence-corrected chi connectivity index (χ2v) is 4.48. The number of carboxylic acids is 1. The van der Waals surface area contributed by atoms with E-state index in [1.165, 1.54) is 0 Å². The Labute approximate surface area is 124 Å². The highest BCUT2D eigenvalue weighted by atomic mass is 16.5. The van der Waals surface area contributed by atoms with Crippen molar-refractivity contribution in [2.24, 2.45) is 0 Å². The van der Waals surface area contributed by atoms with Gasteiger partial charge in [-0.3, -0.25) is 9.59 Å². The molecule has 0 bridgehead atoms. The zero-order chi connectivity index (χ0) is 15.7. The molecule has 1 aromatic rings. The summed E-state index contributed by atoms with van der Waals surface area (Å²) in [5.74, 6) is -1.71. The minimum Gasteiger partial charge on any atom is -0.481 e. The van der Waals surface area contributed by atoms with Gasteiger partial charge in [-0.15, -0.1) is 0 Å². The van der Waals surface area contributed by atoms with Crippen LogP contribution in [0.2, 0.25) is 0 Å². The van der Waals surface area contributed by atoms with Gasteiger partial charge < -0.3 is 19.9 Å². The Morgan fingerprint density at radius 3 is 2.38 bits per heavy atom. The predicted molar refractivity (Wildman–Crippen MR) is 78.4 cm³/mol. The summed E-state index contributed by atoms with van der Waals surface area (Å²) in [4.78, 5) is 22.5. The van der Waals surface area contributed by atoms with Crippen LogP contribution in [-0.4, -0.2) is 43.4 Å². The van der Waals surface area contributed by atoms with Crippen molar-refractivity contribution in [3.05, 3.63) is 29.8 Å². The molecule has 0 spiro atoms. The third-order valence-corrected chi connectivity index (χ3v) is 2.87. The van der Waals surface area contributed by atoms with Gasteiger partial charge in [0.15, 0.2) is 0 Å². The van der Waals surface area contributed by atoms with Crippen LogP contribution in [0.25, 0.3) is 0 Å². The fourth-order valence-corrected chi connectivity index (χ4v) is 1.62. The number of carboxylic acid groups (broad SMARTS) is 1. The molecular weight excluding hydrogens is 274 g/mol. The van der Waals surface area contributed by atoms with E-state index in [4.69, 9.17) is 14.6 Å². The van der Waals surface area contributed by atoms with Gasteiger partial charge in [0.2, 0.25) is 5.91 Å². The SMILES string of the molecule is CCOCCOCC(=O)Nc1ccc(C(C)C(=O)O)cc1. The normalized spacial score (nSPS) is 11.9. The second kappa shape index (κ2) is 9.10. The van der Waals surface area contributed by atoms with Crippen LogP contribution >= 0.6 is 0 Å². The number of hydrogen-bond acceptors (Lipinski definition) is 4. The van der Waals surface area contributed by atoms with Crippen molar-refractivity contribution >= 4 is 17.6 Å². The van der Waals surface area contributed by atoms with Crippen molar-refractivity contribution in [3.8, 4) is 0 Å². The van der Waals surface area contributed by atoms with E-state index in [1.807, 2.05) is 6.92 Å². The highest BCUT2D eigenvalue weighted by molar-refractivity contribution is 5.91. The number of amides is 1. The first-order valence-corrected chi connectivity index (χ1v) is 6.82. The van der Waals surface area contributed by atoms with E-state index >= 15 is 0 Å². The Morgan fingerprint density at radius 1 is 1.19 bits per heavy atom. The van der Waals surface area contributed by atoms with Crippen LogP contribution in [-0.2, 0) is 19.1 Å². The third-order valence-electron chi connectivity index (χ3n) is 2.87. The molecule has 6 heteroatoms. The lowest BCUT2D eigenvalue weighted by Crippen LogP contribution is -2.19. The molecule has 1 amide bonds. The smallest absolute Gasteiger partial charge is 0.310 e. The van der Waals surface area contributed by atoms with Gasteiger partial charge in [-0.2, -0.15) is 0 Å². The van der Waals surface area contributed by atoms with Crippen LogP contribution in [0, 0.1) is 0 Å². The van der Waals surface area contributed by atoms with Crippen molar-refractivity contribution < 1.29 is 24.2 Å². The summed E-state index contributed by atoms with van der Waals surface area (Å²) >= 11 is 0. The summed E-state index contributed by atoms with van der Waals surface area (Å²) in [5.41, 5.74) is 1.29. The van der Waals surface area contributed by atoms with E-state index in [0.29, 0.717) is 31.1 Å². The van der Waals surface area contributed by atoms with Crippen LogP contribution in [0.1, 0.15) is 25.3 Å². The number of rotatable bonds is 9. The lowest BCUT2D eigenvalue weighted by molar-refractivity contribution is -0.138. The molecule has 0 saturated carbocycles. The zero-order valence-electron chi connectivity index (χ0n) is 12.3. The highest BCUT2D eigenvalue weighted by Gasteiger charge is 2.13. The maximum atomic E-state index is 11.6. The number of anilines is 1. The molecule has 6 nitrogen and oxygen atoms in total. The molecule has 1 unspecified atom stereocenters. The molecule has 1 atom stereocenters. The number of aliphatic carboxylic acids is 1. The number of nitrogens with one attached hydrogen (secondary N) is 1. The topological polar surface area (TPSA) is 84.9 Å². The monoisotopic (exact) mass is 295 g/mol. The molecule has 0 aliphatic carbocycles. The van der Waals surface area contributed by atoms with Gasteiger partial charge in [0.1, 0.15) is 6.61 Å². The summed E-state index contributed by atoms with van der Waals surface area (Å²) in [7, 11) is 0. The predicted octanol–water partition coefficient (Wildman–Crippen LogP) is 1.87. The Bertz CT molecular complexity index is 458. The van der Waals surface area contributed by atoms with Crippen LogP contribution in [0.5, 0.6) is 0 Å². The second-order valence-electron chi connectivity index (χ2n) is 4.48. The van der Waals surface area contributed by atoms with Crippen molar-refractivity contribution in [1.29, 1.82) is 0 Å². The molecule has 21 heavy (non-hydrogen) atoms. The molecule has 0 aliphatic heterocycles. The van der Waals surface area contributed by atoms with E-state index in [0.717, 1.165) is 0 Å². The van der Waals surface area contributed by atoms with Gasteiger partial charge in [-0.05, 0) is 31.5 Å². The summed E-state index contributed by atoms with van der Waals surface area (Å²) in [6.07, 6.45) is 0. The van der Waals surface area contributed by atoms with Gasteiger partial charge in [-0.25, -0.2) is 0 Å². The Morgan fingerprint density at radius 2 is 1.81 bits per heavy atom. The molecule has 0 aliphatic rings. The van der Waals surface area contributed by atoms with Crippen LogP contribution in [0.3, 0.4) is 0 Å². The Kier molecular flexibility index (Phi) is 7.42. The molecule has 1 rings (SSSR count). The molecular formula is C15H21NO5. The lowest BCUT2D eigenvalue weighted by atomic mass is 10.0. The molecule has 0 saturated heterocycles. The Hall–Kier alpha value is -1.92. The van der Waals surface area contributed by atoms with E-state index in [1.54, 1.807) is 31.2 Å². The molecule has 0 radical (unpaired) electrons. The fraction of sp³-hybridized carbons (Fsp3) is 0.467. The van der Waals surface area contributed by atoms with Crippen LogP contribution < -0.4 is 5.32 Å². The van der Waals surface area contributed by atoms with Crippen LogP contribution in [0.4, 0.5) is 5.69 Å². The minimum atomic E-state index is -0.880. The van der Waals surface area contributed by atoms with Crippen molar-refractivity contribution in [3.63, 3.8) is 0 Å². The standard InChI is InChI=1S/C15H21NO5/c1-3-20-8-9-21-10-14(17)16-13-6-4-12(5-7-13)11(2)15(18)19/h4-7,11H,3,8-10H2,1-2H3,(H,16,17)(H,18,19). The highest BCUT2D eigenvalue weighted by Crippen LogP contribution is 2.18. The van der Waals surface area contributed by atoms with Crippen molar-refractivity contribution in [2.45, 2.75) is 19.8 Å². The van der Waals surface area contributed by atoms with Gasteiger partial charge in [0.25, 0.3) is 0 Å². The summed E-state index contributed by atoms with van der Waals surface area (Å²) in [6.45, 7) is 4.92. The van der Waals surface area contributed by atoms with Gasteiger partial charge in [0, 0.05) is 12.3 Å². The van der Waals surface area contributed by atoms with Crippen LogP contribution in [0.15, 0.2) is 24.3 Å². The van der Waals surface area contributed by atoms with E-state index in [-0.39, 0.29) is 12.5 Å².